The molecule has 6 rings (SSSR count). The van der Waals surface area contributed by atoms with E-state index in [1.165, 1.54) is 0 Å². The van der Waals surface area contributed by atoms with Crippen molar-refractivity contribution in [3.63, 3.8) is 0 Å². The Morgan fingerprint density at radius 1 is 1.15 bits per heavy atom. The molecule has 12 heteroatoms. The van der Waals surface area contributed by atoms with Gasteiger partial charge in [-0.2, -0.15) is 9.61 Å². The Morgan fingerprint density at radius 3 is 2.76 bits per heavy atom. The quantitative estimate of drug-likeness (QED) is 0.273. The van der Waals surface area contributed by atoms with Crippen molar-refractivity contribution in [3.05, 3.63) is 60.0 Å². The number of benzene rings is 1. The molecule has 0 aliphatic carbocycles. The van der Waals surface area contributed by atoms with Gasteiger partial charge in [0, 0.05) is 55.0 Å². The molecular weight excluding hydrogens is 522 g/mol. The number of aromatic nitrogens is 7. The summed E-state index contributed by atoms with van der Waals surface area (Å²) in [7, 11) is 3.28. The third-order valence-corrected chi connectivity index (χ3v) is 7.82. The van der Waals surface area contributed by atoms with Gasteiger partial charge in [0.05, 0.1) is 32.3 Å². The number of hydrogen-bond donors (Lipinski definition) is 1. The van der Waals surface area contributed by atoms with Crippen LogP contribution in [0.2, 0.25) is 0 Å². The van der Waals surface area contributed by atoms with Crippen LogP contribution in [0, 0.1) is 6.92 Å². The van der Waals surface area contributed by atoms with Crippen molar-refractivity contribution in [1.82, 2.24) is 34.3 Å². The number of nitrogens with zero attached hydrogens (tertiary/aromatic N) is 8. The fourth-order valence-electron chi connectivity index (χ4n) is 5.42. The number of piperidine rings is 1. The van der Waals surface area contributed by atoms with Gasteiger partial charge in [-0.15, -0.1) is 5.10 Å². The normalized spacial score (nSPS) is 17.2. The Labute approximate surface area is 238 Å². The van der Waals surface area contributed by atoms with E-state index in [1.807, 2.05) is 36.0 Å². The molecule has 0 amide bonds. The number of rotatable bonds is 9. The monoisotopic (exact) mass is 557 g/mol. The molecule has 214 valence electrons. The number of anilines is 2. The maximum atomic E-state index is 5.63. The van der Waals surface area contributed by atoms with Crippen LogP contribution in [0.15, 0.2) is 47.5 Å². The zero-order valence-electron chi connectivity index (χ0n) is 24.0. The van der Waals surface area contributed by atoms with Crippen LogP contribution < -0.4 is 19.7 Å². The van der Waals surface area contributed by atoms with E-state index in [0.717, 1.165) is 65.7 Å². The zero-order valence-corrected chi connectivity index (χ0v) is 24.0. The van der Waals surface area contributed by atoms with E-state index in [-0.39, 0.29) is 5.92 Å². The molecule has 5 aromatic rings. The Balaban J connectivity index is 1.36. The highest BCUT2D eigenvalue weighted by atomic mass is 16.5. The number of aryl methyl sites for hydroxylation is 2. The SMILES string of the molecule is CCn1cc(N2C[C@H](c3nc4c(C)c(-c5ncco5)nc(NCc5ccc(OC)cc5OC)n4n3)CC[C@@H]2C)cn1. The molecule has 1 aliphatic heterocycles. The van der Waals surface area contributed by atoms with Gasteiger partial charge in [0.1, 0.15) is 23.5 Å². The third kappa shape index (κ3) is 5.05. The molecule has 12 nitrogen and oxygen atoms in total. The molecule has 1 aromatic carbocycles. The summed E-state index contributed by atoms with van der Waals surface area (Å²) in [5.74, 6) is 3.38. The van der Waals surface area contributed by atoms with Gasteiger partial charge in [0.2, 0.25) is 11.8 Å². The largest absolute Gasteiger partial charge is 0.497 e. The Bertz CT molecular complexity index is 1640. The molecule has 1 N–H and O–H groups in total. The lowest BCUT2D eigenvalue weighted by Crippen LogP contribution is -2.41. The molecule has 1 saturated heterocycles. The average Bonchev–Trinajstić information content (AvgIpc) is 3.78. The molecule has 2 atom stereocenters. The standard InChI is InChI=1S/C29H35N9O3/c1-6-36-17-22(15-32-36)37-16-21(8-7-18(37)2)26-34-27-19(3)25(28-30-11-12-41-28)33-29(38(27)35-26)31-14-20-9-10-23(39-4)13-24(20)40-5/h9-13,15,17-18,21H,6-8,14,16H2,1-5H3,(H,31,33)/t18-,21+/m0/s1. The number of nitrogens with one attached hydrogen (secondary N) is 1. The summed E-state index contributed by atoms with van der Waals surface area (Å²) < 4.78 is 20.3. The zero-order chi connectivity index (χ0) is 28.5. The van der Waals surface area contributed by atoms with Crippen LogP contribution in [-0.2, 0) is 13.1 Å². The summed E-state index contributed by atoms with van der Waals surface area (Å²) in [6.07, 6.45) is 9.27. The first-order valence-corrected chi connectivity index (χ1v) is 13.9. The minimum absolute atomic E-state index is 0.162. The summed E-state index contributed by atoms with van der Waals surface area (Å²) in [4.78, 5) is 16.7. The van der Waals surface area contributed by atoms with Gasteiger partial charge in [-0.1, -0.05) is 0 Å². The van der Waals surface area contributed by atoms with Crippen molar-refractivity contribution in [2.45, 2.75) is 58.7 Å². The minimum atomic E-state index is 0.162. The molecule has 0 spiro atoms. The Morgan fingerprint density at radius 2 is 2.02 bits per heavy atom. The molecule has 0 bridgehead atoms. The Kier molecular flexibility index (Phi) is 7.21. The summed E-state index contributed by atoms with van der Waals surface area (Å²) in [6, 6.07) is 6.15. The number of oxazole rings is 1. The maximum absolute atomic E-state index is 5.63. The van der Waals surface area contributed by atoms with Crippen molar-refractivity contribution in [2.24, 2.45) is 0 Å². The van der Waals surface area contributed by atoms with Crippen LogP contribution in [0.25, 0.3) is 17.2 Å². The second-order valence-corrected chi connectivity index (χ2v) is 10.3. The van der Waals surface area contributed by atoms with Crippen molar-refractivity contribution in [2.75, 3.05) is 31.0 Å². The Hall–Kier alpha value is -4.61. The van der Waals surface area contributed by atoms with Gasteiger partial charge in [-0.05, 0) is 45.7 Å². The first-order chi connectivity index (χ1) is 20.0. The first kappa shape index (κ1) is 26.6. The molecule has 0 radical (unpaired) electrons. The minimum Gasteiger partial charge on any atom is -0.497 e. The predicted molar refractivity (Wildman–Crippen MR) is 155 cm³/mol. The van der Waals surface area contributed by atoms with Crippen LogP contribution in [0.3, 0.4) is 0 Å². The van der Waals surface area contributed by atoms with Crippen molar-refractivity contribution >= 4 is 17.3 Å². The lowest BCUT2D eigenvalue weighted by Gasteiger charge is -2.37. The van der Waals surface area contributed by atoms with Crippen LogP contribution in [0.1, 0.15) is 49.6 Å². The van der Waals surface area contributed by atoms with Crippen LogP contribution in [-0.4, -0.2) is 61.2 Å². The maximum Gasteiger partial charge on any atom is 0.245 e. The van der Waals surface area contributed by atoms with E-state index in [9.17, 15) is 0 Å². The van der Waals surface area contributed by atoms with E-state index >= 15 is 0 Å². The number of ether oxygens (including phenoxy) is 2. The molecule has 1 fully saturated rings. The van der Waals surface area contributed by atoms with Gasteiger partial charge >= 0.3 is 0 Å². The molecule has 0 saturated carbocycles. The van der Waals surface area contributed by atoms with E-state index in [0.29, 0.717) is 30.1 Å². The highest BCUT2D eigenvalue weighted by Gasteiger charge is 2.31. The van der Waals surface area contributed by atoms with Gasteiger partial charge in [0.15, 0.2) is 11.5 Å². The average molecular weight is 558 g/mol. The summed E-state index contributed by atoms with van der Waals surface area (Å²) in [5.41, 5.74) is 4.27. The molecular formula is C29H35N9O3. The first-order valence-electron chi connectivity index (χ1n) is 13.9. The molecule has 1 aliphatic rings. The van der Waals surface area contributed by atoms with Crippen molar-refractivity contribution < 1.29 is 13.9 Å². The van der Waals surface area contributed by atoms with Crippen molar-refractivity contribution in [1.29, 1.82) is 0 Å². The van der Waals surface area contributed by atoms with Gasteiger partial charge in [-0.25, -0.2) is 15.0 Å². The van der Waals surface area contributed by atoms with Crippen LogP contribution in [0.5, 0.6) is 11.5 Å². The molecule has 5 heterocycles. The summed E-state index contributed by atoms with van der Waals surface area (Å²) >= 11 is 0. The van der Waals surface area contributed by atoms with E-state index < -0.39 is 0 Å². The summed E-state index contributed by atoms with van der Waals surface area (Å²) in [6.45, 7) is 8.46. The second-order valence-electron chi connectivity index (χ2n) is 10.3. The highest BCUT2D eigenvalue weighted by molar-refractivity contribution is 5.66. The van der Waals surface area contributed by atoms with Crippen LogP contribution >= 0.6 is 0 Å². The van der Waals surface area contributed by atoms with Crippen LogP contribution in [0.4, 0.5) is 11.6 Å². The molecule has 41 heavy (non-hydrogen) atoms. The smallest absolute Gasteiger partial charge is 0.245 e. The summed E-state index contributed by atoms with van der Waals surface area (Å²) in [5, 5.41) is 13.0. The fourth-order valence-corrected chi connectivity index (χ4v) is 5.42. The van der Waals surface area contributed by atoms with Crippen molar-refractivity contribution in [3.8, 4) is 23.1 Å². The lowest BCUT2D eigenvalue weighted by molar-refractivity contribution is 0.391. The third-order valence-electron chi connectivity index (χ3n) is 7.82. The molecule has 0 unspecified atom stereocenters. The fraction of sp³-hybridized carbons (Fsp3) is 0.414. The van der Waals surface area contributed by atoms with Gasteiger partial charge < -0.3 is 24.1 Å². The van der Waals surface area contributed by atoms with E-state index in [4.69, 9.17) is 29.0 Å². The number of methoxy groups -OCH3 is 2. The molecule has 4 aromatic heterocycles. The second kappa shape index (κ2) is 11.1. The topological polar surface area (TPSA) is 121 Å². The van der Waals surface area contributed by atoms with Gasteiger partial charge in [0.25, 0.3) is 0 Å². The van der Waals surface area contributed by atoms with E-state index in [1.54, 1.807) is 31.2 Å². The number of hydrogen-bond acceptors (Lipinski definition) is 10. The lowest BCUT2D eigenvalue weighted by atomic mass is 9.92. The number of fused-ring (bicyclic) bond motifs is 1. The van der Waals surface area contributed by atoms with E-state index in [2.05, 4.69) is 40.3 Å². The highest BCUT2D eigenvalue weighted by Crippen LogP contribution is 2.34. The predicted octanol–water partition coefficient (Wildman–Crippen LogP) is 4.71. The van der Waals surface area contributed by atoms with Gasteiger partial charge in [-0.3, -0.25) is 4.68 Å².